The number of carboxylic acids is 1. The number of piperidine rings is 1. The van der Waals surface area contributed by atoms with E-state index in [-0.39, 0.29) is 37.0 Å². The van der Waals surface area contributed by atoms with Gasteiger partial charge in [-0.1, -0.05) is 6.92 Å². The van der Waals surface area contributed by atoms with Gasteiger partial charge in [0, 0.05) is 31.2 Å². The summed E-state index contributed by atoms with van der Waals surface area (Å²) in [6.07, 6.45) is 3.17. The molecule has 1 N–H and O–H groups in total. The Balaban J connectivity index is 1.91. The molecule has 7 heteroatoms. The van der Waals surface area contributed by atoms with E-state index in [0.29, 0.717) is 11.3 Å². The summed E-state index contributed by atoms with van der Waals surface area (Å²) >= 11 is 0. The highest BCUT2D eigenvalue weighted by atomic mass is 16.5. The maximum atomic E-state index is 12.5. The van der Waals surface area contributed by atoms with Gasteiger partial charge in [-0.25, -0.2) is 0 Å². The van der Waals surface area contributed by atoms with Crippen molar-refractivity contribution in [2.45, 2.75) is 52.1 Å². The van der Waals surface area contributed by atoms with Crippen molar-refractivity contribution >= 4 is 17.8 Å². The second-order valence-corrected chi connectivity index (χ2v) is 7.67. The lowest BCUT2D eigenvalue weighted by molar-refractivity contribution is -0.141. The zero-order valence-corrected chi connectivity index (χ0v) is 17.1. The predicted molar refractivity (Wildman–Crippen MR) is 105 cm³/mol. The van der Waals surface area contributed by atoms with Crippen molar-refractivity contribution in [2.24, 2.45) is 5.92 Å². The van der Waals surface area contributed by atoms with Crippen LogP contribution in [0.2, 0.25) is 0 Å². The summed E-state index contributed by atoms with van der Waals surface area (Å²) in [5.74, 6) is -1.34. The number of benzene rings is 1. The Hall–Kier alpha value is -2.57. The highest BCUT2D eigenvalue weighted by Gasteiger charge is 2.29. The third kappa shape index (κ3) is 5.47. The van der Waals surface area contributed by atoms with Gasteiger partial charge in [-0.05, 0) is 57.4 Å². The molecule has 7 nitrogen and oxygen atoms in total. The van der Waals surface area contributed by atoms with Crippen molar-refractivity contribution < 1.29 is 24.2 Å². The highest BCUT2D eigenvalue weighted by molar-refractivity contribution is 5.94. The predicted octanol–water partition coefficient (Wildman–Crippen LogP) is 2.65. The molecule has 154 valence electrons. The van der Waals surface area contributed by atoms with Crippen LogP contribution in [0.3, 0.4) is 0 Å². The van der Waals surface area contributed by atoms with Crippen LogP contribution < -0.4 is 4.74 Å². The summed E-state index contributed by atoms with van der Waals surface area (Å²) in [5, 5.41) is 8.96. The van der Waals surface area contributed by atoms with Gasteiger partial charge in [-0.3, -0.25) is 14.4 Å². The first-order valence-electron chi connectivity index (χ1n) is 9.73. The van der Waals surface area contributed by atoms with E-state index in [9.17, 15) is 14.4 Å². The van der Waals surface area contributed by atoms with Crippen LogP contribution in [0, 0.1) is 5.92 Å². The molecule has 1 saturated heterocycles. The molecule has 3 unspecified atom stereocenters. The van der Waals surface area contributed by atoms with Crippen molar-refractivity contribution in [3.63, 3.8) is 0 Å². The van der Waals surface area contributed by atoms with E-state index in [0.717, 1.165) is 19.3 Å². The van der Waals surface area contributed by atoms with Gasteiger partial charge < -0.3 is 19.6 Å². The van der Waals surface area contributed by atoms with Crippen LogP contribution in [-0.2, 0) is 9.59 Å². The molecule has 0 spiro atoms. The Morgan fingerprint density at radius 3 is 2.29 bits per heavy atom. The zero-order valence-electron chi connectivity index (χ0n) is 17.1. The Labute approximate surface area is 166 Å². The van der Waals surface area contributed by atoms with E-state index in [1.54, 1.807) is 38.2 Å². The molecule has 0 saturated carbocycles. The van der Waals surface area contributed by atoms with Gasteiger partial charge >= 0.3 is 5.97 Å². The first-order chi connectivity index (χ1) is 13.2. The van der Waals surface area contributed by atoms with Gasteiger partial charge in [-0.2, -0.15) is 0 Å². The minimum Gasteiger partial charge on any atom is -0.484 e. The topological polar surface area (TPSA) is 87.2 Å². The number of carbonyl (C=O) groups excluding carboxylic acids is 2. The van der Waals surface area contributed by atoms with Crippen LogP contribution in [0.5, 0.6) is 5.75 Å². The van der Waals surface area contributed by atoms with E-state index in [1.807, 2.05) is 4.90 Å². The minimum atomic E-state index is -0.939. The Morgan fingerprint density at radius 2 is 1.75 bits per heavy atom. The van der Waals surface area contributed by atoms with Crippen molar-refractivity contribution in [2.75, 3.05) is 20.2 Å². The van der Waals surface area contributed by atoms with Crippen LogP contribution in [0.4, 0.5) is 0 Å². The second-order valence-electron chi connectivity index (χ2n) is 7.67. The molecular formula is C21H30N2O5. The Bertz CT molecular complexity index is 693. The zero-order chi connectivity index (χ0) is 20.8. The third-order valence-electron chi connectivity index (χ3n) is 5.26. The number of hydrogen-bond donors (Lipinski definition) is 1. The summed E-state index contributed by atoms with van der Waals surface area (Å²) in [7, 11) is 1.58. The van der Waals surface area contributed by atoms with Gasteiger partial charge in [0.15, 0.2) is 6.61 Å². The van der Waals surface area contributed by atoms with E-state index < -0.39 is 11.9 Å². The van der Waals surface area contributed by atoms with Gasteiger partial charge in [0.1, 0.15) is 5.75 Å². The quantitative estimate of drug-likeness (QED) is 0.773. The first-order valence-corrected chi connectivity index (χ1v) is 9.73. The van der Waals surface area contributed by atoms with Crippen LogP contribution in [0.25, 0.3) is 0 Å². The Kier molecular flexibility index (Phi) is 7.43. The number of carbonyl (C=O) groups is 3. The first kappa shape index (κ1) is 21.7. The van der Waals surface area contributed by atoms with E-state index in [2.05, 4.69) is 13.8 Å². The maximum Gasteiger partial charge on any atom is 0.308 e. The number of nitrogens with zero attached hydrogens (tertiary/aromatic N) is 2. The molecular weight excluding hydrogens is 360 g/mol. The lowest BCUT2D eigenvalue weighted by Gasteiger charge is -2.38. The molecule has 0 radical (unpaired) electrons. The molecule has 1 aromatic carbocycles. The molecule has 0 aromatic heterocycles. The SMILES string of the molecule is CC(CN(C)C(=O)c1ccc(OCC(=O)N2C(C)CCCC2C)cc1)C(=O)O. The van der Waals surface area contributed by atoms with Crippen molar-refractivity contribution in [3.05, 3.63) is 29.8 Å². The Morgan fingerprint density at radius 1 is 1.18 bits per heavy atom. The normalized spacial score (nSPS) is 20.4. The molecule has 1 aliphatic rings. The summed E-state index contributed by atoms with van der Waals surface area (Å²) in [6.45, 7) is 5.79. The van der Waals surface area contributed by atoms with E-state index >= 15 is 0 Å². The minimum absolute atomic E-state index is 0.0257. The third-order valence-corrected chi connectivity index (χ3v) is 5.26. The number of likely N-dealkylation sites (tertiary alicyclic amines) is 1. The maximum absolute atomic E-state index is 12.5. The van der Waals surface area contributed by atoms with Crippen LogP contribution in [-0.4, -0.2) is 65.0 Å². The number of carboxylic acid groups (broad SMARTS) is 1. The van der Waals surface area contributed by atoms with Gasteiger partial charge in [0.05, 0.1) is 5.92 Å². The monoisotopic (exact) mass is 390 g/mol. The summed E-state index contributed by atoms with van der Waals surface area (Å²) < 4.78 is 5.62. The van der Waals surface area contributed by atoms with Crippen LogP contribution >= 0.6 is 0 Å². The van der Waals surface area contributed by atoms with Gasteiger partial charge in [0.2, 0.25) is 0 Å². The van der Waals surface area contributed by atoms with E-state index in [1.165, 1.54) is 4.90 Å². The fourth-order valence-corrected chi connectivity index (χ4v) is 3.62. The van der Waals surface area contributed by atoms with Crippen molar-refractivity contribution in [1.82, 2.24) is 9.80 Å². The molecule has 1 aliphatic heterocycles. The molecule has 3 atom stereocenters. The molecule has 2 rings (SSSR count). The van der Waals surface area contributed by atoms with Gasteiger partial charge in [0.25, 0.3) is 11.8 Å². The summed E-state index contributed by atoms with van der Waals surface area (Å²) in [4.78, 5) is 39.1. The van der Waals surface area contributed by atoms with Gasteiger partial charge in [-0.15, -0.1) is 0 Å². The highest BCUT2D eigenvalue weighted by Crippen LogP contribution is 2.23. The lowest BCUT2D eigenvalue weighted by atomic mass is 9.97. The average Bonchev–Trinajstić information content (AvgIpc) is 2.65. The molecule has 0 aliphatic carbocycles. The molecule has 28 heavy (non-hydrogen) atoms. The number of rotatable bonds is 7. The number of hydrogen-bond acceptors (Lipinski definition) is 4. The smallest absolute Gasteiger partial charge is 0.308 e. The summed E-state index contributed by atoms with van der Waals surface area (Å²) in [5.41, 5.74) is 0.442. The molecule has 1 fully saturated rings. The molecule has 1 heterocycles. The molecule has 0 bridgehead atoms. The van der Waals surface area contributed by atoms with E-state index in [4.69, 9.17) is 9.84 Å². The van der Waals surface area contributed by atoms with Crippen LogP contribution in [0.15, 0.2) is 24.3 Å². The fraction of sp³-hybridized carbons (Fsp3) is 0.571. The van der Waals surface area contributed by atoms with Crippen LogP contribution in [0.1, 0.15) is 50.4 Å². The molecule has 2 amide bonds. The largest absolute Gasteiger partial charge is 0.484 e. The number of aliphatic carboxylic acids is 1. The lowest BCUT2D eigenvalue weighted by Crippen LogP contribution is -2.49. The molecule has 1 aromatic rings. The average molecular weight is 390 g/mol. The van der Waals surface area contributed by atoms with Crippen molar-refractivity contribution in [1.29, 1.82) is 0 Å². The summed E-state index contributed by atoms with van der Waals surface area (Å²) in [6, 6.07) is 7.00. The fourth-order valence-electron chi connectivity index (χ4n) is 3.62. The number of ether oxygens (including phenoxy) is 1. The van der Waals surface area contributed by atoms with Crippen molar-refractivity contribution in [3.8, 4) is 5.75 Å². The second kappa shape index (κ2) is 9.57. The number of amides is 2. The standard InChI is InChI=1S/C21H30N2O5/c1-14(21(26)27)12-22(4)20(25)17-8-10-18(11-9-17)28-13-19(24)23-15(2)6-5-7-16(23)3/h8-11,14-16H,5-7,12-13H2,1-4H3,(H,26,27).